The molecule has 2 fully saturated rings. The molecule has 3 N–H and O–H groups in total. The Hall–Kier alpha value is -2.08. The van der Waals surface area contributed by atoms with E-state index in [9.17, 15) is 9.59 Å². The van der Waals surface area contributed by atoms with Crippen LogP contribution in [-0.4, -0.2) is 44.0 Å². The summed E-state index contributed by atoms with van der Waals surface area (Å²) in [6, 6.07) is 7.82. The van der Waals surface area contributed by atoms with Gasteiger partial charge in [0.1, 0.15) is 0 Å². The van der Waals surface area contributed by atoms with Gasteiger partial charge >= 0.3 is 0 Å². The third-order valence-electron chi connectivity index (χ3n) is 4.91. The Morgan fingerprint density at radius 2 is 2.12 bits per heavy atom. The van der Waals surface area contributed by atoms with Crippen LogP contribution in [0.3, 0.4) is 0 Å². The van der Waals surface area contributed by atoms with Crippen molar-refractivity contribution in [2.24, 2.45) is 5.92 Å². The molecule has 6 heteroatoms. The molecule has 136 valence electrons. The molecular formula is C19H28N4O2. The summed E-state index contributed by atoms with van der Waals surface area (Å²) in [4.78, 5) is 26.7. The maximum atomic E-state index is 12.3. The van der Waals surface area contributed by atoms with Gasteiger partial charge in [-0.15, -0.1) is 0 Å². The van der Waals surface area contributed by atoms with Crippen LogP contribution in [0.15, 0.2) is 24.3 Å². The number of carbonyl (C=O) groups is 2. The van der Waals surface area contributed by atoms with Crippen molar-refractivity contribution in [2.45, 2.75) is 38.6 Å². The van der Waals surface area contributed by atoms with Crippen LogP contribution in [0.5, 0.6) is 0 Å². The van der Waals surface area contributed by atoms with E-state index in [-0.39, 0.29) is 30.2 Å². The molecule has 2 atom stereocenters. The number of nitrogens with zero attached hydrogens (tertiary/aromatic N) is 1. The molecule has 2 aliphatic rings. The molecule has 2 heterocycles. The monoisotopic (exact) mass is 344 g/mol. The molecule has 1 aromatic carbocycles. The fourth-order valence-corrected chi connectivity index (χ4v) is 3.54. The summed E-state index contributed by atoms with van der Waals surface area (Å²) < 4.78 is 0. The highest BCUT2D eigenvalue weighted by Crippen LogP contribution is 2.23. The minimum Gasteiger partial charge on any atom is -0.371 e. The maximum absolute atomic E-state index is 12.3. The zero-order valence-corrected chi connectivity index (χ0v) is 14.9. The van der Waals surface area contributed by atoms with Crippen molar-refractivity contribution in [1.29, 1.82) is 0 Å². The van der Waals surface area contributed by atoms with Gasteiger partial charge in [-0.2, -0.15) is 0 Å². The number of anilines is 2. The molecule has 2 amide bonds. The van der Waals surface area contributed by atoms with E-state index < -0.39 is 0 Å². The van der Waals surface area contributed by atoms with Gasteiger partial charge in [0.15, 0.2) is 0 Å². The number of hydrogen-bond donors (Lipinski definition) is 3. The molecule has 0 bridgehead atoms. The molecule has 1 aromatic rings. The lowest BCUT2D eigenvalue weighted by molar-refractivity contribution is -0.125. The lowest BCUT2D eigenvalue weighted by Gasteiger charge is -2.19. The summed E-state index contributed by atoms with van der Waals surface area (Å²) in [6.45, 7) is 5.65. The lowest BCUT2D eigenvalue weighted by atomic mass is 10.1. The quantitative estimate of drug-likeness (QED) is 0.735. The first-order chi connectivity index (χ1) is 12.1. The molecule has 0 aromatic heterocycles. The predicted molar refractivity (Wildman–Crippen MR) is 99.7 cm³/mol. The molecule has 0 radical (unpaired) electrons. The van der Waals surface area contributed by atoms with Crippen LogP contribution in [0.25, 0.3) is 0 Å². The Kier molecular flexibility index (Phi) is 5.91. The van der Waals surface area contributed by atoms with Gasteiger partial charge in [0, 0.05) is 43.5 Å². The topological polar surface area (TPSA) is 73.5 Å². The summed E-state index contributed by atoms with van der Waals surface area (Å²) in [5.41, 5.74) is 1.97. The Balaban J connectivity index is 1.48. The fraction of sp³-hybridized carbons (Fsp3) is 0.579. The van der Waals surface area contributed by atoms with Crippen molar-refractivity contribution in [3.63, 3.8) is 0 Å². The summed E-state index contributed by atoms with van der Waals surface area (Å²) >= 11 is 0. The zero-order chi connectivity index (χ0) is 17.6. The van der Waals surface area contributed by atoms with E-state index in [0.29, 0.717) is 0 Å². The van der Waals surface area contributed by atoms with Crippen molar-refractivity contribution in [3.05, 3.63) is 24.3 Å². The predicted octanol–water partition coefficient (Wildman–Crippen LogP) is 1.73. The highest BCUT2D eigenvalue weighted by molar-refractivity contribution is 5.92. The maximum Gasteiger partial charge on any atom is 0.226 e. The minimum atomic E-state index is -0.171. The van der Waals surface area contributed by atoms with E-state index in [4.69, 9.17) is 0 Å². The number of amides is 2. The third kappa shape index (κ3) is 4.95. The number of nitrogens with one attached hydrogen (secondary N) is 3. The van der Waals surface area contributed by atoms with E-state index >= 15 is 0 Å². The summed E-state index contributed by atoms with van der Waals surface area (Å²) in [5.74, 6) is -0.0000892. The van der Waals surface area contributed by atoms with E-state index in [1.165, 1.54) is 12.8 Å². The van der Waals surface area contributed by atoms with Crippen LogP contribution in [0.2, 0.25) is 0 Å². The van der Waals surface area contributed by atoms with E-state index in [2.05, 4.69) is 26.9 Å². The smallest absolute Gasteiger partial charge is 0.226 e. The molecule has 2 aliphatic heterocycles. The van der Waals surface area contributed by atoms with Gasteiger partial charge in [-0.25, -0.2) is 0 Å². The standard InChI is InChI=1S/C19H28N4O2/c1-14(21-19(25)15-7-8-20-13-15)11-18(24)22-16-5-4-6-17(12-16)23-9-2-3-10-23/h4-6,12,14-15,20H,2-3,7-11,13H2,1H3,(H,21,25)(H,22,24). The van der Waals surface area contributed by atoms with Crippen molar-refractivity contribution < 1.29 is 9.59 Å². The van der Waals surface area contributed by atoms with Crippen molar-refractivity contribution in [1.82, 2.24) is 10.6 Å². The summed E-state index contributed by atoms with van der Waals surface area (Å²) in [5, 5.41) is 9.08. The van der Waals surface area contributed by atoms with Crippen LogP contribution in [0.1, 0.15) is 32.6 Å². The fourth-order valence-electron chi connectivity index (χ4n) is 3.54. The molecule has 25 heavy (non-hydrogen) atoms. The Morgan fingerprint density at radius 3 is 2.84 bits per heavy atom. The van der Waals surface area contributed by atoms with Gasteiger partial charge in [0.2, 0.25) is 11.8 Å². The van der Waals surface area contributed by atoms with Gasteiger partial charge < -0.3 is 20.9 Å². The Labute approximate surface area is 149 Å². The second-order valence-electron chi connectivity index (χ2n) is 7.10. The van der Waals surface area contributed by atoms with Crippen LogP contribution in [0.4, 0.5) is 11.4 Å². The van der Waals surface area contributed by atoms with Crippen LogP contribution in [-0.2, 0) is 9.59 Å². The molecule has 6 nitrogen and oxygen atoms in total. The zero-order valence-electron chi connectivity index (χ0n) is 14.9. The van der Waals surface area contributed by atoms with Crippen LogP contribution in [0, 0.1) is 5.92 Å². The molecule has 0 saturated carbocycles. The summed E-state index contributed by atoms with van der Waals surface area (Å²) in [6.07, 6.45) is 3.60. The average Bonchev–Trinajstić information content (AvgIpc) is 3.28. The van der Waals surface area contributed by atoms with Gasteiger partial charge in [0.25, 0.3) is 0 Å². The Morgan fingerprint density at radius 1 is 1.32 bits per heavy atom. The first kappa shape index (κ1) is 17.7. The van der Waals surface area contributed by atoms with Crippen LogP contribution >= 0.6 is 0 Å². The molecule has 0 spiro atoms. The molecule has 2 saturated heterocycles. The first-order valence-corrected chi connectivity index (χ1v) is 9.28. The van der Waals surface area contributed by atoms with Crippen molar-refractivity contribution in [2.75, 3.05) is 36.4 Å². The van der Waals surface area contributed by atoms with Crippen LogP contribution < -0.4 is 20.9 Å². The molecule has 2 unspecified atom stereocenters. The normalized spacial score (nSPS) is 21.2. The SMILES string of the molecule is CC(CC(=O)Nc1cccc(N2CCCC2)c1)NC(=O)C1CCNC1. The summed E-state index contributed by atoms with van der Waals surface area (Å²) in [7, 11) is 0. The van der Waals surface area contributed by atoms with E-state index in [0.717, 1.165) is 44.0 Å². The lowest BCUT2D eigenvalue weighted by Crippen LogP contribution is -2.39. The number of benzene rings is 1. The van der Waals surface area contributed by atoms with E-state index in [1.807, 2.05) is 25.1 Å². The highest BCUT2D eigenvalue weighted by atomic mass is 16.2. The first-order valence-electron chi connectivity index (χ1n) is 9.28. The van der Waals surface area contributed by atoms with E-state index in [1.54, 1.807) is 0 Å². The number of rotatable bonds is 6. The average molecular weight is 344 g/mol. The third-order valence-corrected chi connectivity index (χ3v) is 4.91. The van der Waals surface area contributed by atoms with Gasteiger partial charge in [-0.3, -0.25) is 9.59 Å². The second-order valence-corrected chi connectivity index (χ2v) is 7.10. The van der Waals surface area contributed by atoms with Gasteiger partial charge in [-0.1, -0.05) is 6.07 Å². The minimum absolute atomic E-state index is 0.0302. The largest absolute Gasteiger partial charge is 0.371 e. The van der Waals surface area contributed by atoms with Gasteiger partial charge in [-0.05, 0) is 50.9 Å². The van der Waals surface area contributed by atoms with Gasteiger partial charge in [0.05, 0.1) is 5.92 Å². The van der Waals surface area contributed by atoms with Crippen molar-refractivity contribution in [3.8, 4) is 0 Å². The molecule has 0 aliphatic carbocycles. The second kappa shape index (κ2) is 8.34. The Bertz CT molecular complexity index is 607. The molecular weight excluding hydrogens is 316 g/mol. The highest BCUT2D eigenvalue weighted by Gasteiger charge is 2.24. The molecule has 3 rings (SSSR count). The number of carbonyl (C=O) groups excluding carboxylic acids is 2. The van der Waals surface area contributed by atoms with Crippen molar-refractivity contribution >= 4 is 23.2 Å². The number of hydrogen-bond acceptors (Lipinski definition) is 4.